The summed E-state index contributed by atoms with van der Waals surface area (Å²) < 4.78 is 0. The molecule has 18 heavy (non-hydrogen) atoms. The van der Waals surface area contributed by atoms with Gasteiger partial charge in [-0.25, -0.2) is 0 Å². The predicted molar refractivity (Wildman–Crippen MR) is 74.3 cm³/mol. The first-order valence-electron chi connectivity index (χ1n) is 6.10. The maximum absolute atomic E-state index is 10.8. The molecule has 2 rings (SSSR count). The molecular weight excluding hydrogens is 224 g/mol. The van der Waals surface area contributed by atoms with Crippen LogP contribution in [0, 0.1) is 0 Å². The highest BCUT2D eigenvalue weighted by molar-refractivity contribution is 5.85. The lowest BCUT2D eigenvalue weighted by atomic mass is 10.0. The van der Waals surface area contributed by atoms with Crippen LogP contribution in [0.2, 0.25) is 0 Å². The Morgan fingerprint density at radius 3 is 2.67 bits per heavy atom. The van der Waals surface area contributed by atoms with Gasteiger partial charge in [-0.3, -0.25) is 9.69 Å². The molecule has 94 valence electrons. The van der Waals surface area contributed by atoms with Gasteiger partial charge in [-0.2, -0.15) is 0 Å². The van der Waals surface area contributed by atoms with E-state index in [1.54, 1.807) is 0 Å². The Bertz CT molecular complexity index is 546. The molecule has 0 aliphatic rings. The monoisotopic (exact) mass is 242 g/mol. The lowest BCUT2D eigenvalue weighted by Gasteiger charge is -2.15. The predicted octanol–water partition coefficient (Wildman–Crippen LogP) is 1.80. The van der Waals surface area contributed by atoms with Gasteiger partial charge in [0.25, 0.3) is 0 Å². The van der Waals surface area contributed by atoms with Gasteiger partial charge >= 0.3 is 0 Å². The quantitative estimate of drug-likeness (QED) is 0.869. The van der Waals surface area contributed by atoms with E-state index in [-0.39, 0.29) is 5.91 Å². The van der Waals surface area contributed by atoms with Gasteiger partial charge in [0.05, 0.1) is 6.54 Å². The topological polar surface area (TPSA) is 46.3 Å². The first kappa shape index (κ1) is 12.6. The Labute approximate surface area is 107 Å². The van der Waals surface area contributed by atoms with Crippen LogP contribution in [0.4, 0.5) is 0 Å². The Hall–Kier alpha value is -1.87. The maximum Gasteiger partial charge on any atom is 0.231 e. The summed E-state index contributed by atoms with van der Waals surface area (Å²) in [6.07, 6.45) is 0.922. The molecular formula is C15H18N2O. The summed E-state index contributed by atoms with van der Waals surface area (Å²) in [4.78, 5) is 12.8. The van der Waals surface area contributed by atoms with E-state index in [2.05, 4.69) is 36.4 Å². The minimum atomic E-state index is -0.282. The van der Waals surface area contributed by atoms with Gasteiger partial charge in [0.15, 0.2) is 0 Å². The van der Waals surface area contributed by atoms with Gasteiger partial charge in [0, 0.05) is 6.54 Å². The van der Waals surface area contributed by atoms with Crippen molar-refractivity contribution in [2.75, 3.05) is 20.1 Å². The van der Waals surface area contributed by atoms with Crippen LogP contribution in [-0.4, -0.2) is 30.9 Å². The molecule has 0 fully saturated rings. The highest BCUT2D eigenvalue weighted by Gasteiger charge is 2.04. The molecule has 3 heteroatoms. The molecule has 0 atom stereocenters. The molecule has 0 aromatic heterocycles. The summed E-state index contributed by atoms with van der Waals surface area (Å²) in [5.74, 6) is -0.282. The standard InChI is InChI=1S/C15H18N2O/c1-17(11-15(16)18)10-9-13-7-4-6-12-5-2-3-8-14(12)13/h2-8H,9-11H2,1H3,(H2,16,18). The fourth-order valence-electron chi connectivity index (χ4n) is 2.17. The van der Waals surface area contributed by atoms with Crippen molar-refractivity contribution in [3.05, 3.63) is 48.0 Å². The third kappa shape index (κ3) is 3.08. The molecule has 0 bridgehead atoms. The number of hydrogen-bond donors (Lipinski definition) is 1. The highest BCUT2D eigenvalue weighted by Crippen LogP contribution is 2.18. The number of hydrogen-bond acceptors (Lipinski definition) is 2. The molecule has 1 amide bonds. The molecule has 0 radical (unpaired) electrons. The maximum atomic E-state index is 10.8. The van der Waals surface area contributed by atoms with Crippen molar-refractivity contribution in [3.8, 4) is 0 Å². The van der Waals surface area contributed by atoms with Crippen molar-refractivity contribution in [3.63, 3.8) is 0 Å². The van der Waals surface area contributed by atoms with Crippen LogP contribution in [0.3, 0.4) is 0 Å². The Morgan fingerprint density at radius 2 is 1.89 bits per heavy atom. The SMILES string of the molecule is CN(CCc1cccc2ccccc12)CC(N)=O. The lowest BCUT2D eigenvalue weighted by molar-refractivity contribution is -0.118. The van der Waals surface area contributed by atoms with Crippen LogP contribution >= 0.6 is 0 Å². The van der Waals surface area contributed by atoms with Gasteiger partial charge in [0.2, 0.25) is 5.91 Å². The Morgan fingerprint density at radius 1 is 1.17 bits per heavy atom. The molecule has 0 aliphatic carbocycles. The summed E-state index contributed by atoms with van der Waals surface area (Å²) in [5, 5.41) is 2.54. The van der Waals surface area contributed by atoms with Crippen molar-refractivity contribution < 1.29 is 4.79 Å². The van der Waals surface area contributed by atoms with Crippen molar-refractivity contribution in [1.29, 1.82) is 0 Å². The number of nitrogens with zero attached hydrogens (tertiary/aromatic N) is 1. The third-order valence-electron chi connectivity index (χ3n) is 3.07. The van der Waals surface area contributed by atoms with Crippen molar-refractivity contribution in [2.45, 2.75) is 6.42 Å². The molecule has 2 N–H and O–H groups in total. The molecule has 0 unspecified atom stereocenters. The minimum Gasteiger partial charge on any atom is -0.369 e. The normalized spacial score (nSPS) is 11.0. The van der Waals surface area contributed by atoms with Crippen LogP contribution < -0.4 is 5.73 Å². The fraction of sp³-hybridized carbons (Fsp3) is 0.267. The smallest absolute Gasteiger partial charge is 0.231 e. The summed E-state index contributed by atoms with van der Waals surface area (Å²) in [6.45, 7) is 1.14. The van der Waals surface area contributed by atoms with Crippen LogP contribution in [0.5, 0.6) is 0 Å². The second-order valence-corrected chi connectivity index (χ2v) is 4.59. The molecule has 2 aromatic carbocycles. The number of benzene rings is 2. The van der Waals surface area contributed by atoms with Gasteiger partial charge in [-0.05, 0) is 29.8 Å². The molecule has 0 saturated carbocycles. The van der Waals surface area contributed by atoms with Crippen LogP contribution in [-0.2, 0) is 11.2 Å². The van der Waals surface area contributed by atoms with Crippen molar-refractivity contribution in [2.24, 2.45) is 5.73 Å². The molecule has 0 saturated heterocycles. The molecule has 0 spiro atoms. The number of fused-ring (bicyclic) bond motifs is 1. The lowest BCUT2D eigenvalue weighted by Crippen LogP contribution is -2.32. The van der Waals surface area contributed by atoms with Crippen LogP contribution in [0.15, 0.2) is 42.5 Å². The van der Waals surface area contributed by atoms with Gasteiger partial charge in [-0.15, -0.1) is 0 Å². The van der Waals surface area contributed by atoms with Gasteiger partial charge in [0.1, 0.15) is 0 Å². The largest absolute Gasteiger partial charge is 0.369 e. The molecule has 2 aromatic rings. The van der Waals surface area contributed by atoms with E-state index in [0.717, 1.165) is 13.0 Å². The average molecular weight is 242 g/mol. The summed E-state index contributed by atoms with van der Waals surface area (Å²) in [7, 11) is 1.91. The number of rotatable bonds is 5. The van der Waals surface area contributed by atoms with E-state index in [1.165, 1.54) is 16.3 Å². The van der Waals surface area contributed by atoms with Crippen molar-refractivity contribution >= 4 is 16.7 Å². The Kier molecular flexibility index (Phi) is 3.95. The van der Waals surface area contributed by atoms with E-state index in [0.29, 0.717) is 6.54 Å². The van der Waals surface area contributed by atoms with E-state index < -0.39 is 0 Å². The van der Waals surface area contributed by atoms with Gasteiger partial charge < -0.3 is 5.73 Å². The fourth-order valence-corrected chi connectivity index (χ4v) is 2.17. The van der Waals surface area contributed by atoms with Crippen molar-refractivity contribution in [1.82, 2.24) is 4.90 Å². The third-order valence-corrected chi connectivity index (χ3v) is 3.07. The zero-order valence-electron chi connectivity index (χ0n) is 10.6. The zero-order valence-corrected chi connectivity index (χ0v) is 10.6. The zero-order chi connectivity index (χ0) is 13.0. The van der Waals surface area contributed by atoms with E-state index in [1.807, 2.05) is 18.0 Å². The van der Waals surface area contributed by atoms with Gasteiger partial charge in [-0.1, -0.05) is 42.5 Å². The van der Waals surface area contributed by atoms with E-state index >= 15 is 0 Å². The summed E-state index contributed by atoms with van der Waals surface area (Å²) in [6, 6.07) is 14.7. The Balaban J connectivity index is 2.10. The minimum absolute atomic E-state index is 0.282. The molecule has 0 heterocycles. The second kappa shape index (κ2) is 5.65. The van der Waals surface area contributed by atoms with Crippen LogP contribution in [0.25, 0.3) is 10.8 Å². The van der Waals surface area contributed by atoms with E-state index in [4.69, 9.17) is 5.73 Å². The number of nitrogens with two attached hydrogens (primary N) is 1. The second-order valence-electron chi connectivity index (χ2n) is 4.59. The molecule has 0 aliphatic heterocycles. The average Bonchev–Trinajstić information content (AvgIpc) is 2.35. The first-order valence-corrected chi connectivity index (χ1v) is 6.10. The number of carbonyl (C=O) groups is 1. The highest BCUT2D eigenvalue weighted by atomic mass is 16.1. The molecule has 3 nitrogen and oxygen atoms in total. The first-order chi connectivity index (χ1) is 8.66. The number of amides is 1. The summed E-state index contributed by atoms with van der Waals surface area (Å²) >= 11 is 0. The number of primary amides is 1. The van der Waals surface area contributed by atoms with E-state index in [9.17, 15) is 4.79 Å². The number of carbonyl (C=O) groups excluding carboxylic acids is 1. The number of likely N-dealkylation sites (N-methyl/N-ethyl adjacent to an activating group) is 1. The summed E-state index contributed by atoms with van der Waals surface area (Å²) in [5.41, 5.74) is 6.48. The van der Waals surface area contributed by atoms with Crippen LogP contribution in [0.1, 0.15) is 5.56 Å².